The van der Waals surface area contributed by atoms with Gasteiger partial charge in [0.2, 0.25) is 0 Å². The molecule has 2 heterocycles. The molecule has 2 saturated heterocycles. The topological polar surface area (TPSA) is 48.1 Å². The van der Waals surface area contributed by atoms with Crippen molar-refractivity contribution in [2.45, 2.75) is 55.3 Å². The molecule has 2 aromatic carbocycles. The Morgan fingerprint density at radius 2 is 1.37 bits per heavy atom. The minimum absolute atomic E-state index is 0.144. The SMILES string of the molecule is PCC1C2CC3CC(C2)CC1(C1=C(C(P)(C2CNCCN2)C2CNCCN2)C=C(c2ccccc2)C1c1ccccc1)C3. The molecule has 2 aromatic rings. The molecule has 4 N–H and O–H groups in total. The second-order valence-electron chi connectivity index (χ2n) is 14.6. The zero-order chi connectivity index (χ0) is 29.0. The minimum Gasteiger partial charge on any atom is -0.314 e. The molecule has 7 aliphatic rings. The van der Waals surface area contributed by atoms with Crippen LogP contribution in [0.4, 0.5) is 0 Å². The Balaban J connectivity index is 1.41. The maximum absolute atomic E-state index is 4.04. The van der Waals surface area contributed by atoms with E-state index in [9.17, 15) is 0 Å². The van der Waals surface area contributed by atoms with Crippen molar-refractivity contribution in [3.63, 3.8) is 0 Å². The van der Waals surface area contributed by atoms with Crippen LogP contribution < -0.4 is 21.3 Å². The smallest absolute Gasteiger partial charge is 0.0427 e. The van der Waals surface area contributed by atoms with Crippen molar-refractivity contribution in [3.8, 4) is 0 Å². The van der Waals surface area contributed by atoms with Crippen molar-refractivity contribution in [3.05, 3.63) is 89.0 Å². The molecule has 4 bridgehead atoms. The molecule has 0 spiro atoms. The van der Waals surface area contributed by atoms with Gasteiger partial charge in [-0.2, -0.15) is 0 Å². The van der Waals surface area contributed by atoms with Crippen molar-refractivity contribution in [1.29, 1.82) is 0 Å². The monoisotopic (exact) mass is 612 g/mol. The van der Waals surface area contributed by atoms with Crippen LogP contribution in [0.5, 0.6) is 0 Å². The third-order valence-electron chi connectivity index (χ3n) is 12.4. The van der Waals surface area contributed by atoms with Gasteiger partial charge in [-0.1, -0.05) is 66.7 Å². The molecular weight excluding hydrogens is 562 g/mol. The molecule has 0 amide bonds. The third kappa shape index (κ3) is 4.78. The van der Waals surface area contributed by atoms with E-state index in [1.54, 1.807) is 11.1 Å². The Morgan fingerprint density at radius 1 is 0.767 bits per heavy atom. The average molecular weight is 613 g/mol. The fourth-order valence-corrected chi connectivity index (χ4v) is 12.5. The van der Waals surface area contributed by atoms with Gasteiger partial charge in [0.25, 0.3) is 0 Å². The van der Waals surface area contributed by atoms with Gasteiger partial charge in [-0.05, 0) is 95.2 Å². The second-order valence-corrected chi connectivity index (χ2v) is 16.0. The quantitative estimate of drug-likeness (QED) is 0.324. The number of nitrogens with one attached hydrogen (secondary N) is 4. The van der Waals surface area contributed by atoms with Gasteiger partial charge in [0.15, 0.2) is 0 Å². The number of benzene rings is 2. The Kier molecular flexibility index (Phi) is 7.95. The first-order valence-electron chi connectivity index (χ1n) is 17.1. The number of rotatable bonds is 7. The molecular formula is C37H50N4P2. The summed E-state index contributed by atoms with van der Waals surface area (Å²) >= 11 is 0. The summed E-state index contributed by atoms with van der Waals surface area (Å²) in [4.78, 5) is 0. The van der Waals surface area contributed by atoms with Crippen molar-refractivity contribution in [2.75, 3.05) is 45.4 Å². The maximum Gasteiger partial charge on any atom is 0.0427 e. The van der Waals surface area contributed by atoms with Crippen LogP contribution >= 0.6 is 18.5 Å². The van der Waals surface area contributed by atoms with Crippen molar-refractivity contribution in [2.24, 2.45) is 29.1 Å². The fourth-order valence-electron chi connectivity index (χ4n) is 11.0. The highest BCUT2D eigenvalue weighted by atomic mass is 31.0. The predicted octanol–water partition coefficient (Wildman–Crippen LogP) is 5.22. The van der Waals surface area contributed by atoms with E-state index in [-0.39, 0.29) is 10.6 Å². The molecule has 4 saturated carbocycles. The molecule has 8 unspecified atom stereocenters. The van der Waals surface area contributed by atoms with Crippen LogP contribution in [0, 0.1) is 29.1 Å². The summed E-state index contributed by atoms with van der Waals surface area (Å²) in [6, 6.07) is 23.6. The number of piperazine rings is 2. The van der Waals surface area contributed by atoms with Crippen molar-refractivity contribution < 1.29 is 0 Å². The Bertz CT molecular complexity index is 1330. The maximum atomic E-state index is 4.04. The Morgan fingerprint density at radius 3 is 1.93 bits per heavy atom. The van der Waals surface area contributed by atoms with E-state index in [1.807, 2.05) is 0 Å². The summed E-state index contributed by atoms with van der Waals surface area (Å²) in [5, 5.41) is 15.5. The third-order valence-corrected chi connectivity index (χ3v) is 14.1. The summed E-state index contributed by atoms with van der Waals surface area (Å²) in [6.45, 7) is 6.12. The van der Waals surface area contributed by atoms with Crippen molar-refractivity contribution >= 4 is 24.1 Å². The lowest BCUT2D eigenvalue weighted by Crippen LogP contribution is -2.69. The highest BCUT2D eigenvalue weighted by Crippen LogP contribution is 2.70. The molecule has 2 aliphatic heterocycles. The molecule has 0 aromatic heterocycles. The van der Waals surface area contributed by atoms with Crippen LogP contribution in [0.2, 0.25) is 0 Å². The molecule has 8 atom stereocenters. The van der Waals surface area contributed by atoms with Crippen LogP contribution in [0.3, 0.4) is 0 Å². The van der Waals surface area contributed by atoms with E-state index in [0.29, 0.717) is 18.0 Å². The number of hydrogen-bond donors (Lipinski definition) is 4. The van der Waals surface area contributed by atoms with Gasteiger partial charge in [0, 0.05) is 62.4 Å². The van der Waals surface area contributed by atoms with E-state index >= 15 is 0 Å². The zero-order valence-electron chi connectivity index (χ0n) is 25.5. The highest BCUT2D eigenvalue weighted by Gasteiger charge is 2.62. The molecule has 5 aliphatic carbocycles. The van der Waals surface area contributed by atoms with E-state index in [2.05, 4.69) is 106 Å². The summed E-state index contributed by atoms with van der Waals surface area (Å²) in [5.41, 5.74) is 8.03. The van der Waals surface area contributed by atoms with Gasteiger partial charge in [-0.25, -0.2) is 0 Å². The van der Waals surface area contributed by atoms with Gasteiger partial charge in [0.05, 0.1) is 0 Å². The normalized spacial score (nSPS) is 38.7. The second kappa shape index (κ2) is 11.8. The highest BCUT2D eigenvalue weighted by molar-refractivity contribution is 7.19. The van der Waals surface area contributed by atoms with Gasteiger partial charge in [-0.15, -0.1) is 18.5 Å². The Labute approximate surface area is 263 Å². The van der Waals surface area contributed by atoms with Crippen LogP contribution in [0.1, 0.15) is 49.1 Å². The van der Waals surface area contributed by atoms with Crippen LogP contribution in [0.25, 0.3) is 5.57 Å². The molecule has 0 radical (unpaired) electrons. The molecule has 6 fully saturated rings. The molecule has 228 valence electrons. The van der Waals surface area contributed by atoms with E-state index in [4.69, 9.17) is 0 Å². The lowest BCUT2D eigenvalue weighted by molar-refractivity contribution is -0.0800. The summed E-state index contributed by atoms with van der Waals surface area (Å²) in [5.74, 6) is 3.69. The van der Waals surface area contributed by atoms with Crippen LogP contribution in [-0.4, -0.2) is 62.7 Å². The number of allylic oxidation sites excluding steroid dienone is 3. The van der Waals surface area contributed by atoms with E-state index in [1.165, 1.54) is 55.0 Å². The lowest BCUT2D eigenvalue weighted by Gasteiger charge is -2.63. The van der Waals surface area contributed by atoms with E-state index in [0.717, 1.165) is 62.9 Å². The van der Waals surface area contributed by atoms with Gasteiger partial charge in [-0.3, -0.25) is 0 Å². The largest absolute Gasteiger partial charge is 0.314 e. The van der Waals surface area contributed by atoms with Gasteiger partial charge < -0.3 is 21.3 Å². The summed E-state index contributed by atoms with van der Waals surface area (Å²) in [6.07, 6.45) is 11.1. The average Bonchev–Trinajstić information content (AvgIpc) is 3.48. The zero-order valence-corrected chi connectivity index (χ0v) is 27.8. The fraction of sp³-hybridized carbons (Fsp3) is 0.568. The summed E-state index contributed by atoms with van der Waals surface area (Å²) < 4.78 is 0. The molecule has 4 nitrogen and oxygen atoms in total. The Hall–Kier alpha value is -1.38. The molecule has 43 heavy (non-hydrogen) atoms. The predicted molar refractivity (Wildman–Crippen MR) is 186 cm³/mol. The summed E-state index contributed by atoms with van der Waals surface area (Å²) in [7, 11) is 6.78. The first kappa shape index (κ1) is 29.1. The standard InChI is InChI=1S/C37H50N4P2/c42-23-31-28-16-24-15-25(17-28)20-36(31,19-24)35-30(37(43,32-21-38-11-13-40-32)33-22-39-12-14-41-33)18-29(26-7-3-1-4-8-26)34(35)27-9-5-2-6-10-27/h1-10,18,24-25,28,31-34,38-41H,11-17,19-23,42-43H2. The lowest BCUT2D eigenvalue weighted by atomic mass is 9.42. The van der Waals surface area contributed by atoms with Gasteiger partial charge >= 0.3 is 0 Å². The molecule has 9 rings (SSSR count). The first-order chi connectivity index (χ1) is 21.1. The van der Waals surface area contributed by atoms with Crippen molar-refractivity contribution in [1.82, 2.24) is 21.3 Å². The van der Waals surface area contributed by atoms with Crippen LogP contribution in [-0.2, 0) is 0 Å². The first-order valence-corrected chi connectivity index (χ1v) is 18.5. The van der Waals surface area contributed by atoms with Gasteiger partial charge in [0.1, 0.15) is 0 Å². The minimum atomic E-state index is -0.144. The van der Waals surface area contributed by atoms with E-state index < -0.39 is 0 Å². The van der Waals surface area contributed by atoms with Crippen LogP contribution in [0.15, 0.2) is 77.9 Å². The number of hydrogen-bond acceptors (Lipinski definition) is 4. The molecule has 6 heteroatoms.